The first-order chi connectivity index (χ1) is 9.00. The summed E-state index contributed by atoms with van der Waals surface area (Å²) in [5, 5.41) is 6.01. The zero-order valence-electron chi connectivity index (χ0n) is 11.1. The Morgan fingerprint density at radius 3 is 2.74 bits per heavy atom. The first-order valence-corrected chi connectivity index (χ1v) is 8.49. The molecule has 0 aliphatic heterocycles. The van der Waals surface area contributed by atoms with Gasteiger partial charge in [-0.05, 0) is 41.0 Å². The molecule has 106 valence electrons. The van der Waals surface area contributed by atoms with Crippen LogP contribution >= 0.6 is 15.9 Å². The van der Waals surface area contributed by atoms with Gasteiger partial charge in [0.25, 0.3) is 0 Å². The Hall–Kier alpha value is -0.720. The summed E-state index contributed by atoms with van der Waals surface area (Å²) in [7, 11) is -0.806. The van der Waals surface area contributed by atoms with E-state index >= 15 is 0 Å². The van der Waals surface area contributed by atoms with E-state index in [9.17, 15) is 9.00 Å². The smallest absolute Gasteiger partial charge is 0.238 e. The number of hydrogen-bond acceptors (Lipinski definition) is 3. The lowest BCUT2D eigenvalue weighted by atomic mass is 10.3. The maximum atomic E-state index is 11.7. The maximum absolute atomic E-state index is 11.7. The van der Waals surface area contributed by atoms with E-state index in [2.05, 4.69) is 26.6 Å². The van der Waals surface area contributed by atoms with Gasteiger partial charge in [0, 0.05) is 26.8 Å². The molecule has 0 heterocycles. The third-order valence-corrected chi connectivity index (χ3v) is 4.79. The number of benzene rings is 1. The average molecular weight is 347 g/mol. The molecule has 1 amide bonds. The molecule has 0 saturated heterocycles. The van der Waals surface area contributed by atoms with Gasteiger partial charge in [0.2, 0.25) is 5.91 Å². The molecule has 2 unspecified atom stereocenters. The van der Waals surface area contributed by atoms with E-state index in [0.717, 1.165) is 16.6 Å². The number of carbonyl (C=O) groups is 1. The molecule has 1 rings (SSSR count). The molecular weight excluding hydrogens is 328 g/mol. The minimum Gasteiger partial charge on any atom is -0.324 e. The summed E-state index contributed by atoms with van der Waals surface area (Å²) in [6, 6.07) is 7.47. The molecule has 0 aliphatic rings. The fourth-order valence-electron chi connectivity index (χ4n) is 1.43. The van der Waals surface area contributed by atoms with Crippen molar-refractivity contribution in [2.24, 2.45) is 0 Å². The molecular formula is C13H19BrN2O2S. The van der Waals surface area contributed by atoms with Crippen molar-refractivity contribution in [1.82, 2.24) is 5.32 Å². The van der Waals surface area contributed by atoms with Crippen LogP contribution in [0.1, 0.15) is 13.3 Å². The van der Waals surface area contributed by atoms with Gasteiger partial charge in [-0.15, -0.1) is 0 Å². The van der Waals surface area contributed by atoms with Gasteiger partial charge in [-0.1, -0.05) is 19.1 Å². The molecule has 0 aliphatic carbocycles. The van der Waals surface area contributed by atoms with Crippen LogP contribution in [0.2, 0.25) is 0 Å². The average Bonchev–Trinajstić information content (AvgIpc) is 2.37. The van der Waals surface area contributed by atoms with Gasteiger partial charge in [-0.3, -0.25) is 9.00 Å². The lowest BCUT2D eigenvalue weighted by molar-refractivity contribution is -0.115. The largest absolute Gasteiger partial charge is 0.324 e. The third-order valence-electron chi connectivity index (χ3n) is 2.73. The summed E-state index contributed by atoms with van der Waals surface area (Å²) in [6.45, 7) is 2.88. The number of hydrogen-bond donors (Lipinski definition) is 2. The summed E-state index contributed by atoms with van der Waals surface area (Å²) in [6.07, 6.45) is 2.50. The molecule has 1 aromatic carbocycles. The van der Waals surface area contributed by atoms with Crippen molar-refractivity contribution in [1.29, 1.82) is 0 Å². The van der Waals surface area contributed by atoms with Crippen molar-refractivity contribution in [3.63, 3.8) is 0 Å². The van der Waals surface area contributed by atoms with Crippen molar-refractivity contribution in [3.8, 4) is 0 Å². The second-order valence-electron chi connectivity index (χ2n) is 4.30. The fraction of sp³-hybridized carbons (Fsp3) is 0.462. The van der Waals surface area contributed by atoms with E-state index in [-0.39, 0.29) is 17.7 Å². The lowest BCUT2D eigenvalue weighted by Gasteiger charge is -2.10. The molecule has 2 atom stereocenters. The van der Waals surface area contributed by atoms with Gasteiger partial charge in [-0.2, -0.15) is 0 Å². The minimum absolute atomic E-state index is 0.0860. The molecule has 0 spiro atoms. The summed E-state index contributed by atoms with van der Waals surface area (Å²) >= 11 is 3.37. The van der Waals surface area contributed by atoms with E-state index in [0.29, 0.717) is 6.54 Å². The predicted octanol–water partition coefficient (Wildman–Crippen LogP) is 2.13. The standard InChI is InChI=1S/C13H19BrN2O2S/c1-10(19(2)18)7-8-15-9-13(17)16-12-6-4-3-5-11(12)14/h3-6,10,15H,7-9H2,1-2H3,(H,16,17). The Labute approximate surface area is 124 Å². The molecule has 0 fully saturated rings. The predicted molar refractivity (Wildman–Crippen MR) is 83.8 cm³/mol. The molecule has 0 radical (unpaired) electrons. The highest BCUT2D eigenvalue weighted by molar-refractivity contribution is 9.10. The van der Waals surface area contributed by atoms with Crippen molar-refractivity contribution in [2.75, 3.05) is 24.7 Å². The quantitative estimate of drug-likeness (QED) is 0.743. The van der Waals surface area contributed by atoms with Crippen molar-refractivity contribution in [2.45, 2.75) is 18.6 Å². The Kier molecular flexibility index (Phi) is 7.27. The number of carbonyl (C=O) groups excluding carboxylic acids is 1. The normalized spacial score (nSPS) is 13.8. The monoisotopic (exact) mass is 346 g/mol. The van der Waals surface area contributed by atoms with E-state index < -0.39 is 10.8 Å². The van der Waals surface area contributed by atoms with E-state index in [4.69, 9.17) is 0 Å². The second kappa shape index (κ2) is 8.45. The molecule has 0 bridgehead atoms. The first-order valence-electron chi connectivity index (χ1n) is 6.08. The van der Waals surface area contributed by atoms with Gasteiger partial charge in [0.15, 0.2) is 0 Å². The summed E-state index contributed by atoms with van der Waals surface area (Å²) in [4.78, 5) is 11.7. The minimum atomic E-state index is -0.806. The van der Waals surface area contributed by atoms with Crippen LogP contribution in [-0.2, 0) is 15.6 Å². The number of anilines is 1. The van der Waals surface area contributed by atoms with Crippen LogP contribution in [0.15, 0.2) is 28.7 Å². The molecule has 19 heavy (non-hydrogen) atoms. The molecule has 0 aromatic heterocycles. The summed E-state index contributed by atoms with van der Waals surface area (Å²) < 4.78 is 12.0. The fourth-order valence-corrected chi connectivity index (χ4v) is 2.26. The Bertz CT molecular complexity index is 454. The van der Waals surface area contributed by atoms with E-state index in [1.807, 2.05) is 31.2 Å². The molecule has 6 heteroatoms. The molecule has 0 saturated carbocycles. The summed E-state index contributed by atoms with van der Waals surface area (Å²) in [5.74, 6) is -0.0860. The van der Waals surface area contributed by atoms with Gasteiger partial charge in [0.1, 0.15) is 0 Å². The Balaban J connectivity index is 2.26. The molecule has 1 aromatic rings. The van der Waals surface area contributed by atoms with Crippen molar-refractivity contribution in [3.05, 3.63) is 28.7 Å². The topological polar surface area (TPSA) is 58.2 Å². The van der Waals surface area contributed by atoms with Gasteiger partial charge in [0.05, 0.1) is 12.2 Å². The van der Waals surface area contributed by atoms with Crippen LogP contribution in [0.5, 0.6) is 0 Å². The van der Waals surface area contributed by atoms with Crippen LogP contribution in [-0.4, -0.2) is 34.7 Å². The number of halogens is 1. The van der Waals surface area contributed by atoms with Gasteiger partial charge >= 0.3 is 0 Å². The highest BCUT2D eigenvalue weighted by atomic mass is 79.9. The van der Waals surface area contributed by atoms with Crippen molar-refractivity contribution < 1.29 is 9.00 Å². The van der Waals surface area contributed by atoms with Crippen LogP contribution in [0.4, 0.5) is 5.69 Å². The number of amides is 1. The van der Waals surface area contributed by atoms with Gasteiger partial charge in [-0.25, -0.2) is 0 Å². The van der Waals surface area contributed by atoms with Crippen LogP contribution in [0, 0.1) is 0 Å². The number of para-hydroxylation sites is 1. The van der Waals surface area contributed by atoms with Gasteiger partial charge < -0.3 is 10.6 Å². The zero-order valence-corrected chi connectivity index (χ0v) is 13.5. The first kappa shape index (κ1) is 16.3. The third kappa shape index (κ3) is 6.31. The summed E-state index contributed by atoms with van der Waals surface area (Å²) in [5.41, 5.74) is 0.761. The Morgan fingerprint density at radius 1 is 1.42 bits per heavy atom. The van der Waals surface area contributed by atoms with E-state index in [1.165, 1.54) is 0 Å². The highest BCUT2D eigenvalue weighted by Gasteiger charge is 2.07. The number of rotatable bonds is 7. The van der Waals surface area contributed by atoms with Crippen LogP contribution < -0.4 is 10.6 Å². The maximum Gasteiger partial charge on any atom is 0.238 e. The molecule has 4 nitrogen and oxygen atoms in total. The highest BCUT2D eigenvalue weighted by Crippen LogP contribution is 2.20. The second-order valence-corrected chi connectivity index (χ2v) is 6.96. The number of nitrogens with one attached hydrogen (secondary N) is 2. The lowest BCUT2D eigenvalue weighted by Crippen LogP contribution is -2.30. The molecule has 2 N–H and O–H groups in total. The van der Waals surface area contributed by atoms with Crippen LogP contribution in [0.3, 0.4) is 0 Å². The SMILES string of the molecule is CC(CCNCC(=O)Nc1ccccc1Br)S(C)=O. The zero-order chi connectivity index (χ0) is 14.3. The van der Waals surface area contributed by atoms with Crippen molar-refractivity contribution >= 4 is 38.3 Å². The Morgan fingerprint density at radius 2 is 2.11 bits per heavy atom. The van der Waals surface area contributed by atoms with E-state index in [1.54, 1.807) is 6.26 Å². The van der Waals surface area contributed by atoms with Crippen LogP contribution in [0.25, 0.3) is 0 Å².